The van der Waals surface area contributed by atoms with Gasteiger partial charge in [-0.15, -0.1) is 0 Å². The first kappa shape index (κ1) is 17.6. The molecule has 0 heterocycles. The highest BCUT2D eigenvalue weighted by Gasteiger charge is 2.32. The van der Waals surface area contributed by atoms with Crippen LogP contribution in [0, 0.1) is 0 Å². The summed E-state index contributed by atoms with van der Waals surface area (Å²) in [6.07, 6.45) is 0. The van der Waals surface area contributed by atoms with Crippen molar-refractivity contribution in [3.8, 4) is 0 Å². The van der Waals surface area contributed by atoms with E-state index in [2.05, 4.69) is 6.58 Å². The predicted molar refractivity (Wildman–Crippen MR) is 58.3 cm³/mol. The highest BCUT2D eigenvalue weighted by Crippen LogP contribution is 2.12. The number of rotatable bonds is 3. The van der Waals surface area contributed by atoms with E-state index in [9.17, 15) is 9.90 Å². The van der Waals surface area contributed by atoms with Crippen LogP contribution in [-0.4, -0.2) is 53.1 Å². The molecule has 1 unspecified atom stereocenters. The summed E-state index contributed by atoms with van der Waals surface area (Å²) in [6.45, 7) is 6.50. The molecule has 0 aromatic carbocycles. The number of Topliss-reactive ketones (excluding diaryl/α,β-unsaturated/α-hetero) is 1. The molecule has 0 aromatic heterocycles. The molecule has 7 nitrogen and oxygen atoms in total. The van der Waals surface area contributed by atoms with Crippen LogP contribution in [0.15, 0.2) is 12.2 Å². The Kier molecular flexibility index (Phi) is 6.67. The predicted octanol–water partition coefficient (Wildman–Crippen LogP) is -0.251. The van der Waals surface area contributed by atoms with E-state index in [1.165, 1.54) is 11.8 Å². The van der Waals surface area contributed by atoms with E-state index in [0.717, 1.165) is 0 Å². The van der Waals surface area contributed by atoms with Gasteiger partial charge in [-0.2, -0.15) is 8.42 Å². The van der Waals surface area contributed by atoms with Crippen molar-refractivity contribution in [1.82, 2.24) is 4.90 Å². The average molecular weight is 255 g/mol. The third-order valence-electron chi connectivity index (χ3n) is 1.69. The topological polar surface area (TPSA) is 115 Å². The third kappa shape index (κ3) is 8.50. The number of carbonyl (C=O) groups excluding carboxylic acids is 1. The standard InChI is InChI=1S/C8H15NO2.H2O4S/c1-6(2)7(10)8(3,11)9(4)5;1-5(2,3)4/h11H,1H2,2-5H3;(H2,1,2,3,4). The Balaban J connectivity index is 0. The molecule has 0 aliphatic carbocycles. The van der Waals surface area contributed by atoms with Crippen LogP contribution in [0.5, 0.6) is 0 Å². The van der Waals surface area contributed by atoms with Crippen LogP contribution in [0.1, 0.15) is 13.8 Å². The number of aliphatic hydroxyl groups is 1. The van der Waals surface area contributed by atoms with Gasteiger partial charge in [0.05, 0.1) is 0 Å². The van der Waals surface area contributed by atoms with Crippen molar-refractivity contribution >= 4 is 16.2 Å². The molecular formula is C8H17NO6S. The van der Waals surface area contributed by atoms with Gasteiger partial charge in [0.15, 0.2) is 5.72 Å². The number of hydrogen-bond donors (Lipinski definition) is 3. The van der Waals surface area contributed by atoms with Crippen LogP contribution in [0.3, 0.4) is 0 Å². The minimum Gasteiger partial charge on any atom is -0.369 e. The second-order valence-electron chi connectivity index (χ2n) is 3.47. The first-order valence-corrected chi connectivity index (χ1v) is 5.49. The molecule has 0 fully saturated rings. The van der Waals surface area contributed by atoms with Gasteiger partial charge < -0.3 is 5.11 Å². The average Bonchev–Trinajstić information content (AvgIpc) is 1.99. The molecule has 96 valence electrons. The summed E-state index contributed by atoms with van der Waals surface area (Å²) >= 11 is 0. The SMILES string of the molecule is C=C(C)C(=O)C(C)(O)N(C)C.O=S(=O)(O)O. The Morgan fingerprint density at radius 2 is 1.56 bits per heavy atom. The van der Waals surface area contributed by atoms with E-state index in [1.54, 1.807) is 21.0 Å². The van der Waals surface area contributed by atoms with Crippen molar-refractivity contribution in [2.75, 3.05) is 14.1 Å². The van der Waals surface area contributed by atoms with Gasteiger partial charge in [0.2, 0.25) is 5.78 Å². The van der Waals surface area contributed by atoms with E-state index >= 15 is 0 Å². The molecule has 0 spiro atoms. The lowest BCUT2D eigenvalue weighted by Crippen LogP contribution is -2.48. The smallest absolute Gasteiger partial charge is 0.369 e. The van der Waals surface area contributed by atoms with Crippen molar-refractivity contribution in [1.29, 1.82) is 0 Å². The normalized spacial score (nSPS) is 14.8. The highest BCUT2D eigenvalue weighted by molar-refractivity contribution is 7.79. The fourth-order valence-electron chi connectivity index (χ4n) is 0.607. The van der Waals surface area contributed by atoms with Crippen LogP contribution < -0.4 is 0 Å². The first-order valence-electron chi connectivity index (χ1n) is 4.10. The molecular weight excluding hydrogens is 238 g/mol. The van der Waals surface area contributed by atoms with Crippen molar-refractivity contribution in [2.45, 2.75) is 19.6 Å². The van der Waals surface area contributed by atoms with Crippen molar-refractivity contribution < 1.29 is 27.4 Å². The molecule has 0 saturated carbocycles. The van der Waals surface area contributed by atoms with E-state index in [1.807, 2.05) is 0 Å². The molecule has 16 heavy (non-hydrogen) atoms. The second-order valence-corrected chi connectivity index (χ2v) is 4.37. The van der Waals surface area contributed by atoms with Gasteiger partial charge in [-0.05, 0) is 33.5 Å². The molecule has 0 saturated heterocycles. The van der Waals surface area contributed by atoms with Gasteiger partial charge in [-0.25, -0.2) is 0 Å². The van der Waals surface area contributed by atoms with E-state index < -0.39 is 16.1 Å². The highest BCUT2D eigenvalue weighted by atomic mass is 32.3. The lowest BCUT2D eigenvalue weighted by Gasteiger charge is -2.28. The number of ketones is 1. The fraction of sp³-hybridized carbons (Fsp3) is 0.625. The van der Waals surface area contributed by atoms with E-state index in [0.29, 0.717) is 5.57 Å². The molecule has 0 amide bonds. The summed E-state index contributed by atoms with van der Waals surface area (Å²) in [5.74, 6) is -0.345. The maximum atomic E-state index is 11.2. The number of nitrogens with zero attached hydrogens (tertiary/aromatic N) is 1. The van der Waals surface area contributed by atoms with Crippen LogP contribution in [0.4, 0.5) is 0 Å². The minimum atomic E-state index is -4.67. The molecule has 0 radical (unpaired) electrons. The van der Waals surface area contributed by atoms with Gasteiger partial charge in [-0.3, -0.25) is 18.8 Å². The maximum absolute atomic E-state index is 11.2. The Hall–Kier alpha value is -0.800. The monoisotopic (exact) mass is 255 g/mol. The van der Waals surface area contributed by atoms with Gasteiger partial charge >= 0.3 is 10.4 Å². The molecule has 0 aromatic rings. The van der Waals surface area contributed by atoms with Gasteiger partial charge in [0.1, 0.15) is 0 Å². The number of hydrogen-bond acceptors (Lipinski definition) is 5. The molecule has 1 atom stereocenters. The van der Waals surface area contributed by atoms with Crippen molar-refractivity contribution in [2.24, 2.45) is 0 Å². The minimum absolute atomic E-state index is 0.345. The zero-order valence-electron chi connectivity index (χ0n) is 9.63. The summed E-state index contributed by atoms with van der Waals surface area (Å²) in [6, 6.07) is 0. The summed E-state index contributed by atoms with van der Waals surface area (Å²) in [7, 11) is -1.39. The number of carbonyl (C=O) groups is 1. The Labute approximate surface area is 95.0 Å². The Bertz CT molecular complexity index is 349. The summed E-state index contributed by atoms with van der Waals surface area (Å²) in [5, 5.41) is 9.55. The first-order chi connectivity index (χ1) is 6.80. The number of likely N-dealkylation sites (N-methyl/N-ethyl adjacent to an activating group) is 1. The van der Waals surface area contributed by atoms with Crippen molar-refractivity contribution in [3.05, 3.63) is 12.2 Å². The second kappa shape index (κ2) is 6.06. The van der Waals surface area contributed by atoms with Crippen LogP contribution >= 0.6 is 0 Å². The van der Waals surface area contributed by atoms with E-state index in [-0.39, 0.29) is 5.78 Å². The molecule has 3 N–H and O–H groups in total. The van der Waals surface area contributed by atoms with Crippen LogP contribution in [0.25, 0.3) is 0 Å². The third-order valence-corrected chi connectivity index (χ3v) is 1.69. The molecule has 0 aliphatic rings. The summed E-state index contributed by atoms with van der Waals surface area (Å²) in [5.41, 5.74) is -1.06. The summed E-state index contributed by atoms with van der Waals surface area (Å²) < 4.78 is 31.6. The van der Waals surface area contributed by atoms with Gasteiger partial charge in [0.25, 0.3) is 0 Å². The van der Waals surface area contributed by atoms with Crippen LogP contribution in [-0.2, 0) is 15.2 Å². The summed E-state index contributed by atoms with van der Waals surface area (Å²) in [4.78, 5) is 12.7. The van der Waals surface area contributed by atoms with Crippen LogP contribution in [0.2, 0.25) is 0 Å². The zero-order chi connectivity index (χ0) is 13.7. The zero-order valence-corrected chi connectivity index (χ0v) is 10.4. The molecule has 0 bridgehead atoms. The van der Waals surface area contributed by atoms with Gasteiger partial charge in [-0.1, -0.05) is 6.58 Å². The quantitative estimate of drug-likeness (QED) is 0.362. The Morgan fingerprint density at radius 1 is 1.31 bits per heavy atom. The lowest BCUT2D eigenvalue weighted by atomic mass is 10.0. The lowest BCUT2D eigenvalue weighted by molar-refractivity contribution is -0.147. The fourth-order valence-corrected chi connectivity index (χ4v) is 0.607. The maximum Gasteiger partial charge on any atom is 0.394 e. The Morgan fingerprint density at radius 3 is 1.62 bits per heavy atom. The molecule has 0 aliphatic heterocycles. The molecule has 0 rings (SSSR count). The largest absolute Gasteiger partial charge is 0.394 e. The van der Waals surface area contributed by atoms with Crippen molar-refractivity contribution in [3.63, 3.8) is 0 Å². The van der Waals surface area contributed by atoms with Gasteiger partial charge in [0, 0.05) is 0 Å². The molecule has 8 heteroatoms. The van der Waals surface area contributed by atoms with E-state index in [4.69, 9.17) is 17.5 Å².